The number of pyridine rings is 1. The van der Waals surface area contributed by atoms with Gasteiger partial charge in [-0.15, -0.1) is 5.10 Å². The first kappa shape index (κ1) is 22.0. The third-order valence-electron chi connectivity index (χ3n) is 7.59. The minimum absolute atomic E-state index is 0.0227. The van der Waals surface area contributed by atoms with Gasteiger partial charge >= 0.3 is 12.0 Å². The number of aliphatic carboxylic acids is 1. The van der Waals surface area contributed by atoms with E-state index >= 15 is 0 Å². The zero-order valence-electron chi connectivity index (χ0n) is 19.8. The molecule has 1 N–H and O–H groups in total. The maximum absolute atomic E-state index is 11.5. The maximum atomic E-state index is 11.5. The first-order chi connectivity index (χ1) is 17.0. The second-order valence-corrected chi connectivity index (χ2v) is 9.92. The summed E-state index contributed by atoms with van der Waals surface area (Å²) in [5, 5.41) is 21.8. The van der Waals surface area contributed by atoms with Crippen molar-refractivity contribution in [3.63, 3.8) is 0 Å². The third-order valence-corrected chi connectivity index (χ3v) is 7.59. The van der Waals surface area contributed by atoms with E-state index in [4.69, 9.17) is 19.0 Å². The molecule has 3 aliphatic carbocycles. The number of nitrogens with zero attached hydrogens (tertiary/aromatic N) is 6. The first-order valence-corrected chi connectivity index (χ1v) is 12.2. The van der Waals surface area contributed by atoms with E-state index < -0.39 is 5.97 Å². The number of fused-ring (bicyclic) bond motifs is 1. The molecule has 0 spiro atoms. The molecule has 3 fully saturated rings. The normalized spacial score (nSPS) is 25.5. The van der Waals surface area contributed by atoms with Crippen molar-refractivity contribution in [2.75, 3.05) is 0 Å². The topological polar surface area (TPSA) is 138 Å². The summed E-state index contributed by atoms with van der Waals surface area (Å²) in [5.41, 5.74) is 2.78. The number of hydrogen-bond acceptors (Lipinski definition) is 9. The number of rotatable bonds is 8. The van der Waals surface area contributed by atoms with Crippen LogP contribution in [0.2, 0.25) is 0 Å². The Balaban J connectivity index is 1.14. The second kappa shape index (κ2) is 8.62. The van der Waals surface area contributed by atoms with Crippen LogP contribution in [0.3, 0.4) is 0 Å². The van der Waals surface area contributed by atoms with Crippen molar-refractivity contribution in [1.82, 2.24) is 30.1 Å². The van der Waals surface area contributed by atoms with Gasteiger partial charge in [-0.2, -0.15) is 4.98 Å². The van der Waals surface area contributed by atoms with E-state index in [1.54, 1.807) is 11.7 Å². The van der Waals surface area contributed by atoms with Gasteiger partial charge in [0.25, 0.3) is 0 Å². The lowest BCUT2D eigenvalue weighted by Crippen LogP contribution is -2.21. The van der Waals surface area contributed by atoms with Gasteiger partial charge in [-0.25, -0.2) is 9.67 Å². The van der Waals surface area contributed by atoms with E-state index in [0.29, 0.717) is 34.9 Å². The predicted molar refractivity (Wildman–Crippen MR) is 121 cm³/mol. The number of carboxylic acid groups (broad SMARTS) is 1. The summed E-state index contributed by atoms with van der Waals surface area (Å²) < 4.78 is 18.9. The van der Waals surface area contributed by atoms with Crippen LogP contribution < -0.4 is 9.47 Å². The number of carbonyl (C=O) groups is 1. The van der Waals surface area contributed by atoms with E-state index in [1.165, 1.54) is 0 Å². The molecular weight excluding hydrogens is 452 g/mol. The lowest BCUT2D eigenvalue weighted by atomic mass is 9.92. The fourth-order valence-electron chi connectivity index (χ4n) is 5.57. The van der Waals surface area contributed by atoms with E-state index in [1.807, 2.05) is 19.1 Å². The van der Waals surface area contributed by atoms with Crippen molar-refractivity contribution >= 4 is 5.97 Å². The summed E-state index contributed by atoms with van der Waals surface area (Å²) in [6.07, 6.45) is 5.62. The first-order valence-electron chi connectivity index (χ1n) is 12.2. The van der Waals surface area contributed by atoms with Crippen LogP contribution in [-0.4, -0.2) is 47.3 Å². The Kier molecular flexibility index (Phi) is 5.42. The summed E-state index contributed by atoms with van der Waals surface area (Å²) in [4.78, 5) is 20.6. The monoisotopic (exact) mass is 480 g/mol. The number of hydrogen-bond donors (Lipinski definition) is 1. The van der Waals surface area contributed by atoms with Crippen LogP contribution in [0, 0.1) is 24.7 Å². The lowest BCUT2D eigenvalue weighted by molar-refractivity contribution is -0.143. The number of carboxylic acids is 1. The maximum Gasteiger partial charge on any atom is 0.354 e. The van der Waals surface area contributed by atoms with Gasteiger partial charge < -0.3 is 19.1 Å². The number of aromatic nitrogens is 6. The standard InChI is InChI=1S/C24H28N6O5/c1-12-20(34-15-9-14-5-6-16(23(31)32)17(14)10-15)8-7-18(25-12)21-19(30(2)29-27-21)11-33-24-26-22(35-28-24)13-3-4-13/h7-8,13-17H,3-6,9-11H2,1-2H3,(H,31,32)/t14-,15-,16-,17+/m1/s1. The molecule has 3 aromatic heterocycles. The summed E-state index contributed by atoms with van der Waals surface area (Å²) >= 11 is 0. The van der Waals surface area contributed by atoms with Crippen LogP contribution in [0.4, 0.5) is 0 Å². The van der Waals surface area contributed by atoms with Crippen LogP contribution in [0.15, 0.2) is 16.7 Å². The highest BCUT2D eigenvalue weighted by Gasteiger charge is 2.47. The molecule has 3 aliphatic rings. The van der Waals surface area contributed by atoms with Crippen molar-refractivity contribution in [2.45, 2.75) is 64.1 Å². The van der Waals surface area contributed by atoms with Crippen molar-refractivity contribution < 1.29 is 23.9 Å². The molecule has 3 aromatic rings. The summed E-state index contributed by atoms with van der Waals surface area (Å²) in [6, 6.07) is 3.98. The molecule has 0 amide bonds. The molecule has 3 saturated carbocycles. The number of aryl methyl sites for hydroxylation is 2. The highest BCUT2D eigenvalue weighted by molar-refractivity contribution is 5.71. The molecule has 4 atom stereocenters. The van der Waals surface area contributed by atoms with Gasteiger partial charge in [0.05, 0.1) is 23.4 Å². The molecule has 0 bridgehead atoms. The molecule has 0 unspecified atom stereocenters. The smallest absolute Gasteiger partial charge is 0.354 e. The van der Waals surface area contributed by atoms with E-state index in [2.05, 4.69) is 20.5 Å². The Morgan fingerprint density at radius 2 is 2.06 bits per heavy atom. The highest BCUT2D eigenvalue weighted by atomic mass is 16.6. The molecular formula is C24H28N6O5. The second-order valence-electron chi connectivity index (χ2n) is 9.92. The molecule has 0 aliphatic heterocycles. The van der Waals surface area contributed by atoms with Crippen molar-refractivity contribution in [2.24, 2.45) is 24.8 Å². The predicted octanol–water partition coefficient (Wildman–Crippen LogP) is 3.29. The van der Waals surface area contributed by atoms with Crippen molar-refractivity contribution in [1.29, 1.82) is 0 Å². The van der Waals surface area contributed by atoms with Crippen LogP contribution in [-0.2, 0) is 18.4 Å². The quantitative estimate of drug-likeness (QED) is 0.511. The van der Waals surface area contributed by atoms with E-state index in [-0.39, 0.29) is 30.6 Å². The van der Waals surface area contributed by atoms with Gasteiger partial charge in [0.2, 0.25) is 5.89 Å². The van der Waals surface area contributed by atoms with Crippen LogP contribution in [0.5, 0.6) is 11.8 Å². The van der Waals surface area contributed by atoms with Gasteiger partial charge in [0, 0.05) is 13.0 Å². The fraction of sp³-hybridized carbons (Fsp3) is 0.583. The Labute approximate surface area is 201 Å². The largest absolute Gasteiger partial charge is 0.489 e. The zero-order valence-corrected chi connectivity index (χ0v) is 19.8. The van der Waals surface area contributed by atoms with Gasteiger partial charge in [0.15, 0.2) is 0 Å². The number of ether oxygens (including phenoxy) is 2. The van der Waals surface area contributed by atoms with Crippen LogP contribution >= 0.6 is 0 Å². The van der Waals surface area contributed by atoms with Gasteiger partial charge in [0.1, 0.15) is 23.7 Å². The van der Waals surface area contributed by atoms with Crippen molar-refractivity contribution in [3.8, 4) is 23.1 Å². The average molecular weight is 481 g/mol. The molecule has 11 nitrogen and oxygen atoms in total. The van der Waals surface area contributed by atoms with E-state index in [0.717, 1.165) is 49.9 Å². The van der Waals surface area contributed by atoms with Gasteiger partial charge in [-0.05, 0) is 74.6 Å². The van der Waals surface area contributed by atoms with Crippen LogP contribution in [0.1, 0.15) is 61.7 Å². The molecule has 3 heterocycles. The summed E-state index contributed by atoms with van der Waals surface area (Å²) in [7, 11) is 1.80. The summed E-state index contributed by atoms with van der Waals surface area (Å²) in [6.45, 7) is 2.08. The van der Waals surface area contributed by atoms with Gasteiger partial charge in [-0.3, -0.25) is 4.79 Å². The lowest BCUT2D eigenvalue weighted by Gasteiger charge is -2.18. The molecule has 0 aromatic carbocycles. The fourth-order valence-corrected chi connectivity index (χ4v) is 5.57. The highest BCUT2D eigenvalue weighted by Crippen LogP contribution is 2.48. The third kappa shape index (κ3) is 4.23. The Morgan fingerprint density at radius 1 is 1.20 bits per heavy atom. The van der Waals surface area contributed by atoms with E-state index in [9.17, 15) is 9.90 Å². The molecule has 6 rings (SSSR count). The van der Waals surface area contributed by atoms with Gasteiger partial charge in [-0.1, -0.05) is 5.21 Å². The Morgan fingerprint density at radius 3 is 2.83 bits per heavy atom. The minimum atomic E-state index is -0.674. The molecule has 11 heteroatoms. The zero-order chi connectivity index (χ0) is 24.1. The van der Waals surface area contributed by atoms with Crippen molar-refractivity contribution in [3.05, 3.63) is 29.4 Å². The SMILES string of the molecule is Cc1nc(-c2nnn(C)c2COc2noc(C3CC3)n2)ccc1O[C@@H]1C[C@H]2CC[C@@H](C(=O)O)[C@H]2C1. The Hall–Kier alpha value is -3.50. The molecule has 0 radical (unpaired) electrons. The Bertz CT molecular complexity index is 1250. The van der Waals surface area contributed by atoms with Crippen LogP contribution in [0.25, 0.3) is 11.4 Å². The molecule has 0 saturated heterocycles. The minimum Gasteiger partial charge on any atom is -0.489 e. The molecule has 35 heavy (non-hydrogen) atoms. The molecule has 184 valence electrons. The summed E-state index contributed by atoms with van der Waals surface area (Å²) in [5.74, 6) is 1.45. The average Bonchev–Trinajstić information content (AvgIpc) is 3.12.